The van der Waals surface area contributed by atoms with E-state index < -0.39 is 9.04 Å². The molecule has 0 aliphatic rings. The fourth-order valence-electron chi connectivity index (χ4n) is 2.52. The molecule has 18 heavy (non-hydrogen) atoms. The van der Waals surface area contributed by atoms with Gasteiger partial charge in [0, 0.05) is 28.4 Å². The SMILES string of the molecule is C[Si](O)CCn1c2ccccc2c2ccccc21. The minimum Gasteiger partial charge on any atom is -0.432 e. The summed E-state index contributed by atoms with van der Waals surface area (Å²) in [5.41, 5.74) is 2.53. The van der Waals surface area contributed by atoms with E-state index in [1.165, 1.54) is 21.8 Å². The van der Waals surface area contributed by atoms with Crippen molar-refractivity contribution >= 4 is 30.8 Å². The molecule has 1 heterocycles. The standard InChI is InChI=1S/C15H16NOSi/c1-18(17)11-10-16-14-8-4-2-6-12(14)13-7-3-5-9-15(13)16/h2-9,17H,10-11H2,1H3. The molecule has 0 unspecified atom stereocenters. The Balaban J connectivity index is 2.24. The Labute approximate surface area is 108 Å². The van der Waals surface area contributed by atoms with E-state index in [2.05, 4.69) is 53.1 Å². The highest BCUT2D eigenvalue weighted by molar-refractivity contribution is 6.48. The molecule has 0 spiro atoms. The fraction of sp³-hybridized carbons (Fsp3) is 0.200. The fourth-order valence-corrected chi connectivity index (χ4v) is 3.07. The van der Waals surface area contributed by atoms with E-state index in [0.29, 0.717) is 0 Å². The van der Waals surface area contributed by atoms with Gasteiger partial charge in [-0.25, -0.2) is 0 Å². The van der Waals surface area contributed by atoms with Crippen LogP contribution in [-0.2, 0) is 6.54 Å². The summed E-state index contributed by atoms with van der Waals surface area (Å²) in [5, 5.41) is 2.60. The third-order valence-corrected chi connectivity index (χ3v) is 4.32. The molecule has 0 atom stereocenters. The van der Waals surface area contributed by atoms with Crippen molar-refractivity contribution in [1.29, 1.82) is 0 Å². The van der Waals surface area contributed by atoms with Crippen LogP contribution in [-0.4, -0.2) is 18.4 Å². The quantitative estimate of drug-likeness (QED) is 0.712. The Morgan fingerprint density at radius 3 is 1.94 bits per heavy atom. The van der Waals surface area contributed by atoms with Crippen molar-refractivity contribution in [1.82, 2.24) is 4.57 Å². The Bertz CT molecular complexity index is 634. The molecule has 3 rings (SSSR count). The molecule has 0 amide bonds. The van der Waals surface area contributed by atoms with E-state index in [1.54, 1.807) is 0 Å². The summed E-state index contributed by atoms with van der Waals surface area (Å²) >= 11 is 0. The second kappa shape index (κ2) is 4.59. The lowest BCUT2D eigenvalue weighted by atomic mass is 10.2. The largest absolute Gasteiger partial charge is 0.432 e. The van der Waals surface area contributed by atoms with Crippen molar-refractivity contribution in [3.63, 3.8) is 0 Å². The van der Waals surface area contributed by atoms with Gasteiger partial charge in [0.25, 0.3) is 0 Å². The summed E-state index contributed by atoms with van der Waals surface area (Å²) in [6, 6.07) is 17.9. The summed E-state index contributed by atoms with van der Waals surface area (Å²) in [6.07, 6.45) is 0. The Morgan fingerprint density at radius 1 is 0.944 bits per heavy atom. The lowest BCUT2D eigenvalue weighted by Crippen LogP contribution is -2.09. The molecule has 0 saturated heterocycles. The van der Waals surface area contributed by atoms with Gasteiger partial charge < -0.3 is 9.36 Å². The average Bonchev–Trinajstić information content (AvgIpc) is 2.71. The molecule has 2 nitrogen and oxygen atoms in total. The number of rotatable bonds is 3. The predicted molar refractivity (Wildman–Crippen MR) is 78.1 cm³/mol. The smallest absolute Gasteiger partial charge is 0.205 e. The van der Waals surface area contributed by atoms with Crippen LogP contribution in [0.2, 0.25) is 12.6 Å². The first-order chi connectivity index (χ1) is 8.77. The molecular formula is C15H16NOSi. The molecule has 3 aromatic rings. The molecular weight excluding hydrogens is 238 g/mol. The van der Waals surface area contributed by atoms with E-state index in [9.17, 15) is 4.80 Å². The lowest BCUT2D eigenvalue weighted by molar-refractivity contribution is 0.568. The van der Waals surface area contributed by atoms with Crippen LogP contribution in [0, 0.1) is 0 Å². The summed E-state index contributed by atoms with van der Waals surface area (Å²) < 4.78 is 2.33. The van der Waals surface area contributed by atoms with Gasteiger partial charge in [-0.3, -0.25) is 0 Å². The molecule has 0 bridgehead atoms. The summed E-state index contributed by atoms with van der Waals surface area (Å²) in [5.74, 6) is 0. The van der Waals surface area contributed by atoms with Crippen molar-refractivity contribution < 1.29 is 4.80 Å². The van der Waals surface area contributed by atoms with Crippen LogP contribution in [0.15, 0.2) is 48.5 Å². The van der Waals surface area contributed by atoms with Gasteiger partial charge in [0.1, 0.15) is 0 Å². The highest BCUT2D eigenvalue weighted by Crippen LogP contribution is 2.28. The highest BCUT2D eigenvalue weighted by atomic mass is 28.3. The normalized spacial score (nSPS) is 11.7. The van der Waals surface area contributed by atoms with Gasteiger partial charge in [-0.15, -0.1) is 0 Å². The molecule has 2 aromatic carbocycles. The minimum atomic E-state index is -1.17. The third-order valence-electron chi connectivity index (χ3n) is 3.38. The van der Waals surface area contributed by atoms with Crippen molar-refractivity contribution in [2.75, 3.05) is 0 Å². The van der Waals surface area contributed by atoms with E-state index in [1.807, 2.05) is 6.55 Å². The van der Waals surface area contributed by atoms with Crippen molar-refractivity contribution in [2.24, 2.45) is 0 Å². The van der Waals surface area contributed by atoms with Crippen molar-refractivity contribution in [3.05, 3.63) is 48.5 Å². The molecule has 0 aliphatic heterocycles. The molecule has 1 radical (unpaired) electrons. The molecule has 1 aromatic heterocycles. The van der Waals surface area contributed by atoms with Crippen LogP contribution in [0.5, 0.6) is 0 Å². The molecule has 3 heteroatoms. The maximum Gasteiger partial charge on any atom is 0.205 e. The number of fused-ring (bicyclic) bond motifs is 3. The van der Waals surface area contributed by atoms with E-state index in [-0.39, 0.29) is 0 Å². The molecule has 0 saturated carbocycles. The number of nitrogens with zero attached hydrogens (tertiary/aromatic N) is 1. The first-order valence-corrected chi connectivity index (χ1v) is 8.40. The van der Waals surface area contributed by atoms with Crippen LogP contribution in [0.4, 0.5) is 0 Å². The van der Waals surface area contributed by atoms with Crippen LogP contribution in [0.1, 0.15) is 0 Å². The van der Waals surface area contributed by atoms with Gasteiger partial charge in [-0.2, -0.15) is 0 Å². The van der Waals surface area contributed by atoms with Gasteiger partial charge in [-0.05, 0) is 24.7 Å². The van der Waals surface area contributed by atoms with Crippen LogP contribution < -0.4 is 0 Å². The number of benzene rings is 2. The number of hydrogen-bond acceptors (Lipinski definition) is 1. The van der Waals surface area contributed by atoms with Gasteiger partial charge in [-0.1, -0.05) is 36.4 Å². The summed E-state index contributed by atoms with van der Waals surface area (Å²) in [6.45, 7) is 2.84. The zero-order chi connectivity index (χ0) is 12.5. The highest BCUT2D eigenvalue weighted by Gasteiger charge is 2.10. The van der Waals surface area contributed by atoms with Gasteiger partial charge in [0.15, 0.2) is 0 Å². The van der Waals surface area contributed by atoms with Gasteiger partial charge >= 0.3 is 0 Å². The Morgan fingerprint density at radius 2 is 1.44 bits per heavy atom. The Hall–Kier alpha value is -1.58. The van der Waals surface area contributed by atoms with Crippen LogP contribution >= 0.6 is 0 Å². The van der Waals surface area contributed by atoms with E-state index in [0.717, 1.165) is 12.6 Å². The number of aromatic nitrogens is 1. The van der Waals surface area contributed by atoms with Gasteiger partial charge in [0.05, 0.1) is 0 Å². The lowest BCUT2D eigenvalue weighted by Gasteiger charge is -2.07. The molecule has 0 fully saturated rings. The third kappa shape index (κ3) is 1.85. The maximum atomic E-state index is 9.58. The topological polar surface area (TPSA) is 25.2 Å². The second-order valence-electron chi connectivity index (χ2n) is 4.67. The molecule has 1 N–H and O–H groups in total. The zero-order valence-corrected chi connectivity index (χ0v) is 11.4. The Kier molecular flexibility index (Phi) is 2.93. The zero-order valence-electron chi connectivity index (χ0n) is 10.4. The average molecular weight is 254 g/mol. The minimum absolute atomic E-state index is 0.882. The van der Waals surface area contributed by atoms with E-state index >= 15 is 0 Å². The molecule has 0 aliphatic carbocycles. The summed E-state index contributed by atoms with van der Waals surface area (Å²) in [4.78, 5) is 9.58. The number of hydrogen-bond donors (Lipinski definition) is 1. The first kappa shape index (κ1) is 11.5. The second-order valence-corrected chi connectivity index (χ2v) is 6.64. The van der Waals surface area contributed by atoms with Crippen molar-refractivity contribution in [2.45, 2.75) is 19.1 Å². The predicted octanol–water partition coefficient (Wildman–Crippen LogP) is 3.41. The first-order valence-electron chi connectivity index (χ1n) is 6.25. The van der Waals surface area contributed by atoms with Crippen molar-refractivity contribution in [3.8, 4) is 0 Å². The van der Waals surface area contributed by atoms with Crippen LogP contribution in [0.25, 0.3) is 21.8 Å². The van der Waals surface area contributed by atoms with E-state index in [4.69, 9.17) is 0 Å². The number of para-hydroxylation sites is 2. The number of aryl methyl sites for hydroxylation is 1. The van der Waals surface area contributed by atoms with Crippen LogP contribution in [0.3, 0.4) is 0 Å². The maximum absolute atomic E-state index is 9.58. The summed E-state index contributed by atoms with van der Waals surface area (Å²) in [7, 11) is -1.17. The molecule has 91 valence electrons. The monoisotopic (exact) mass is 254 g/mol. The van der Waals surface area contributed by atoms with Gasteiger partial charge in [0.2, 0.25) is 9.04 Å².